The summed E-state index contributed by atoms with van der Waals surface area (Å²) in [5, 5.41) is 3.40. The first-order valence-electron chi connectivity index (χ1n) is 11.4. The van der Waals surface area contributed by atoms with Gasteiger partial charge >= 0.3 is 12.4 Å². The van der Waals surface area contributed by atoms with Crippen LogP contribution < -0.4 is 5.32 Å². The molecule has 2 atom stereocenters. The van der Waals surface area contributed by atoms with Gasteiger partial charge in [-0.1, -0.05) is 30.7 Å². The standard InChI is InChI=1S/C25H25ClF6N2O2/c1-2-3-22(35)33-20-8-9-34(21(14-20)10-15-4-6-19(26)7-5-15)23(36)16-11-17(24(27,28)29)13-18(12-16)25(30,31)32/h4-7,11-13,20-21H,2-3,8-10,14H2,1H3,(H,33,35). The van der Waals surface area contributed by atoms with Crippen LogP contribution in [0, 0.1) is 0 Å². The fraction of sp³-hybridized carbons (Fsp3) is 0.440. The highest BCUT2D eigenvalue weighted by Crippen LogP contribution is 2.37. The SMILES string of the molecule is CCCC(=O)NC1CCN(C(=O)c2cc(C(F)(F)F)cc(C(F)(F)F)c2)C(Cc2ccc(Cl)cc2)C1. The summed E-state index contributed by atoms with van der Waals surface area (Å²) >= 11 is 5.93. The van der Waals surface area contributed by atoms with Crippen LogP contribution in [0.2, 0.25) is 5.02 Å². The summed E-state index contributed by atoms with van der Waals surface area (Å²) in [6.45, 7) is 1.92. The van der Waals surface area contributed by atoms with Gasteiger partial charge in [0.05, 0.1) is 11.1 Å². The normalized spacial score (nSPS) is 18.7. The zero-order chi connectivity index (χ0) is 26.7. The number of alkyl halides is 6. The molecule has 1 heterocycles. The summed E-state index contributed by atoms with van der Waals surface area (Å²) in [5.41, 5.74) is -3.00. The van der Waals surface area contributed by atoms with Crippen LogP contribution >= 0.6 is 11.6 Å². The smallest absolute Gasteiger partial charge is 0.353 e. The summed E-state index contributed by atoms with van der Waals surface area (Å²) in [5.74, 6) is -1.08. The van der Waals surface area contributed by atoms with Gasteiger partial charge in [-0.2, -0.15) is 26.3 Å². The third-order valence-corrected chi connectivity index (χ3v) is 6.29. The molecule has 2 aromatic carbocycles. The van der Waals surface area contributed by atoms with Crippen molar-refractivity contribution in [2.24, 2.45) is 0 Å². The maximum Gasteiger partial charge on any atom is 0.416 e. The van der Waals surface area contributed by atoms with Crippen LogP contribution in [-0.4, -0.2) is 35.3 Å². The Kier molecular flexibility index (Phi) is 8.59. The number of likely N-dealkylation sites (tertiary alicyclic amines) is 1. The summed E-state index contributed by atoms with van der Waals surface area (Å²) in [7, 11) is 0. The van der Waals surface area contributed by atoms with Gasteiger partial charge in [0.25, 0.3) is 5.91 Å². The van der Waals surface area contributed by atoms with Crippen molar-refractivity contribution >= 4 is 23.4 Å². The van der Waals surface area contributed by atoms with Gasteiger partial charge in [-0.15, -0.1) is 0 Å². The predicted molar refractivity (Wildman–Crippen MR) is 122 cm³/mol. The first kappa shape index (κ1) is 27.8. The van der Waals surface area contributed by atoms with Crippen molar-refractivity contribution < 1.29 is 35.9 Å². The topological polar surface area (TPSA) is 49.4 Å². The van der Waals surface area contributed by atoms with E-state index in [0.717, 1.165) is 5.56 Å². The predicted octanol–water partition coefficient (Wildman–Crippen LogP) is 6.51. The largest absolute Gasteiger partial charge is 0.416 e. The zero-order valence-electron chi connectivity index (χ0n) is 19.3. The Labute approximate surface area is 209 Å². The molecule has 0 bridgehead atoms. The number of amides is 2. The summed E-state index contributed by atoms with van der Waals surface area (Å²) in [6.07, 6.45) is -8.24. The molecule has 11 heteroatoms. The lowest BCUT2D eigenvalue weighted by Gasteiger charge is -2.40. The number of benzene rings is 2. The summed E-state index contributed by atoms with van der Waals surface area (Å²) < 4.78 is 80.0. The van der Waals surface area contributed by atoms with Crippen molar-refractivity contribution in [3.05, 3.63) is 69.7 Å². The van der Waals surface area contributed by atoms with Crippen LogP contribution in [0.4, 0.5) is 26.3 Å². The second-order valence-electron chi connectivity index (χ2n) is 8.82. The molecule has 1 saturated heterocycles. The molecule has 1 N–H and O–H groups in total. The number of nitrogens with zero attached hydrogens (tertiary/aromatic N) is 1. The quantitative estimate of drug-likeness (QED) is 0.430. The van der Waals surface area contributed by atoms with Gasteiger partial charge in [0.1, 0.15) is 0 Å². The van der Waals surface area contributed by atoms with E-state index >= 15 is 0 Å². The van der Waals surface area contributed by atoms with Crippen molar-refractivity contribution in [3.8, 4) is 0 Å². The van der Waals surface area contributed by atoms with Crippen LogP contribution in [0.5, 0.6) is 0 Å². The van der Waals surface area contributed by atoms with Gasteiger partial charge < -0.3 is 10.2 Å². The van der Waals surface area contributed by atoms with Gasteiger partial charge in [-0.3, -0.25) is 9.59 Å². The first-order chi connectivity index (χ1) is 16.8. The van der Waals surface area contributed by atoms with Gasteiger partial charge in [0.2, 0.25) is 5.91 Å². The average Bonchev–Trinajstić information content (AvgIpc) is 2.79. The molecule has 196 valence electrons. The van der Waals surface area contributed by atoms with Crippen molar-refractivity contribution in [3.63, 3.8) is 0 Å². The Balaban J connectivity index is 1.94. The Morgan fingerprint density at radius 1 is 1.00 bits per heavy atom. The highest BCUT2D eigenvalue weighted by molar-refractivity contribution is 6.30. The van der Waals surface area contributed by atoms with E-state index in [9.17, 15) is 35.9 Å². The van der Waals surface area contributed by atoms with E-state index in [2.05, 4.69) is 5.32 Å². The fourth-order valence-electron chi connectivity index (χ4n) is 4.31. The van der Waals surface area contributed by atoms with Gasteiger partial charge in [0, 0.05) is 35.6 Å². The Hall–Kier alpha value is -2.75. The maximum absolute atomic E-state index is 13.3. The highest BCUT2D eigenvalue weighted by atomic mass is 35.5. The number of nitrogens with one attached hydrogen (secondary N) is 1. The number of piperidine rings is 1. The summed E-state index contributed by atoms with van der Waals surface area (Å²) in [4.78, 5) is 26.7. The second-order valence-corrected chi connectivity index (χ2v) is 9.25. The summed E-state index contributed by atoms with van der Waals surface area (Å²) in [6, 6.07) is 6.81. The number of carbonyl (C=O) groups excluding carboxylic acids is 2. The molecule has 2 unspecified atom stereocenters. The van der Waals surface area contributed by atoms with Crippen LogP contribution in [0.1, 0.15) is 59.7 Å². The lowest BCUT2D eigenvalue weighted by atomic mass is 9.91. The van der Waals surface area contributed by atoms with E-state index in [0.29, 0.717) is 42.8 Å². The number of hydrogen-bond donors (Lipinski definition) is 1. The lowest BCUT2D eigenvalue weighted by Crippen LogP contribution is -2.52. The van der Waals surface area contributed by atoms with Crippen molar-refractivity contribution in [2.75, 3.05) is 6.54 Å². The Morgan fingerprint density at radius 2 is 1.58 bits per heavy atom. The van der Waals surface area contributed by atoms with Gasteiger partial charge in [-0.05, 0) is 61.6 Å². The number of hydrogen-bond acceptors (Lipinski definition) is 2. The number of halogens is 7. The first-order valence-corrected chi connectivity index (χ1v) is 11.8. The molecule has 0 aromatic heterocycles. The fourth-order valence-corrected chi connectivity index (χ4v) is 4.43. The van der Waals surface area contributed by atoms with E-state index < -0.39 is 41.0 Å². The molecule has 2 aromatic rings. The van der Waals surface area contributed by atoms with Crippen LogP contribution in [-0.2, 0) is 23.6 Å². The minimum Gasteiger partial charge on any atom is -0.353 e. The number of carbonyl (C=O) groups is 2. The van der Waals surface area contributed by atoms with Crippen molar-refractivity contribution in [2.45, 2.75) is 63.5 Å². The minimum atomic E-state index is -5.06. The van der Waals surface area contributed by atoms with E-state index in [1.165, 1.54) is 4.90 Å². The Morgan fingerprint density at radius 3 is 2.11 bits per heavy atom. The highest BCUT2D eigenvalue weighted by Gasteiger charge is 2.39. The van der Waals surface area contributed by atoms with Crippen molar-refractivity contribution in [1.82, 2.24) is 10.2 Å². The number of rotatable bonds is 6. The molecule has 1 fully saturated rings. The molecule has 4 nitrogen and oxygen atoms in total. The van der Waals surface area contributed by atoms with Crippen LogP contribution in [0.25, 0.3) is 0 Å². The third-order valence-electron chi connectivity index (χ3n) is 6.04. The van der Waals surface area contributed by atoms with E-state index in [1.54, 1.807) is 24.3 Å². The van der Waals surface area contributed by atoms with Crippen molar-refractivity contribution in [1.29, 1.82) is 0 Å². The molecule has 1 aliphatic heterocycles. The molecule has 0 spiro atoms. The zero-order valence-corrected chi connectivity index (χ0v) is 20.1. The third kappa shape index (κ3) is 7.15. The minimum absolute atomic E-state index is 0.00251. The van der Waals surface area contributed by atoms with E-state index in [4.69, 9.17) is 11.6 Å². The molecule has 0 saturated carbocycles. The molecule has 0 aliphatic carbocycles. The average molecular weight is 535 g/mol. The van der Waals surface area contributed by atoms with Gasteiger partial charge in [0.15, 0.2) is 0 Å². The van der Waals surface area contributed by atoms with E-state index in [-0.39, 0.29) is 31.0 Å². The maximum atomic E-state index is 13.3. The lowest BCUT2D eigenvalue weighted by molar-refractivity contribution is -0.143. The Bertz CT molecular complexity index is 1050. The van der Waals surface area contributed by atoms with Gasteiger partial charge in [-0.25, -0.2) is 0 Å². The molecule has 2 amide bonds. The molecule has 1 aliphatic rings. The molecule has 36 heavy (non-hydrogen) atoms. The van der Waals surface area contributed by atoms with Crippen LogP contribution in [0.15, 0.2) is 42.5 Å². The molecule has 0 radical (unpaired) electrons. The molecule has 3 rings (SSSR count). The van der Waals surface area contributed by atoms with E-state index in [1.807, 2.05) is 6.92 Å². The molecular formula is C25H25ClF6N2O2. The van der Waals surface area contributed by atoms with Crippen LogP contribution in [0.3, 0.4) is 0 Å². The monoisotopic (exact) mass is 534 g/mol. The second kappa shape index (κ2) is 11.1. The molecular weight excluding hydrogens is 510 g/mol.